The van der Waals surface area contributed by atoms with Crippen molar-refractivity contribution in [1.82, 2.24) is 4.90 Å². The third kappa shape index (κ3) is 4.97. The van der Waals surface area contributed by atoms with Gasteiger partial charge in [-0.25, -0.2) is 4.99 Å². The summed E-state index contributed by atoms with van der Waals surface area (Å²) in [4.78, 5) is 7.26. The molecule has 4 heteroatoms. The normalized spacial score (nSPS) is 22.3. The van der Waals surface area contributed by atoms with Gasteiger partial charge in [0, 0.05) is 24.7 Å². The Hall–Kier alpha value is -1.13. The molecule has 2 N–H and O–H groups in total. The summed E-state index contributed by atoms with van der Waals surface area (Å²) in [5, 5.41) is 0. The lowest BCUT2D eigenvalue weighted by Crippen LogP contribution is -2.44. The van der Waals surface area contributed by atoms with Crippen molar-refractivity contribution in [3.8, 4) is 0 Å². The van der Waals surface area contributed by atoms with E-state index < -0.39 is 0 Å². The molecule has 2 unspecified atom stereocenters. The standard InChI is InChI=1S/C17H31N3O/c1-6-8-15-12-21-10-9-20(15)16(7-2)19-17(13(3)4)14(5)11-18/h7,14-15H,3,6,8-12,18H2,1-2,4-5H3/b16-7+,19-17?. The van der Waals surface area contributed by atoms with E-state index in [-0.39, 0.29) is 5.92 Å². The molecule has 0 aromatic rings. The lowest BCUT2D eigenvalue weighted by molar-refractivity contribution is 0.00609. The van der Waals surface area contributed by atoms with Gasteiger partial charge in [-0.05, 0) is 31.9 Å². The molecule has 0 aliphatic carbocycles. The zero-order chi connectivity index (χ0) is 15.8. The van der Waals surface area contributed by atoms with E-state index in [0.717, 1.165) is 49.7 Å². The van der Waals surface area contributed by atoms with Gasteiger partial charge in [0.2, 0.25) is 0 Å². The summed E-state index contributed by atoms with van der Waals surface area (Å²) in [6.45, 7) is 15.4. The minimum absolute atomic E-state index is 0.225. The molecule has 1 aliphatic rings. The third-order valence-corrected chi connectivity index (χ3v) is 3.89. The van der Waals surface area contributed by atoms with Gasteiger partial charge in [-0.15, -0.1) is 0 Å². The van der Waals surface area contributed by atoms with Gasteiger partial charge in [-0.1, -0.05) is 26.8 Å². The molecular weight excluding hydrogens is 262 g/mol. The Balaban J connectivity index is 3.01. The molecule has 0 saturated carbocycles. The van der Waals surface area contributed by atoms with Crippen molar-refractivity contribution in [2.24, 2.45) is 16.6 Å². The number of hydrogen-bond acceptors (Lipinski definition) is 4. The molecule has 1 aliphatic heterocycles. The molecule has 1 heterocycles. The van der Waals surface area contributed by atoms with Crippen molar-refractivity contribution < 1.29 is 4.74 Å². The second-order valence-electron chi connectivity index (χ2n) is 5.77. The monoisotopic (exact) mass is 293 g/mol. The Morgan fingerprint density at radius 1 is 1.57 bits per heavy atom. The number of aliphatic imine (C=N–C) groups is 1. The Morgan fingerprint density at radius 3 is 2.81 bits per heavy atom. The number of ether oxygens (including phenoxy) is 1. The smallest absolute Gasteiger partial charge is 0.124 e. The summed E-state index contributed by atoms with van der Waals surface area (Å²) in [6, 6.07) is 0.415. The number of nitrogens with two attached hydrogens (primary N) is 1. The van der Waals surface area contributed by atoms with Crippen LogP contribution in [0.2, 0.25) is 0 Å². The van der Waals surface area contributed by atoms with Gasteiger partial charge in [0.05, 0.1) is 19.3 Å². The highest BCUT2D eigenvalue weighted by atomic mass is 16.5. The van der Waals surface area contributed by atoms with Gasteiger partial charge >= 0.3 is 0 Å². The molecule has 0 radical (unpaired) electrons. The number of allylic oxidation sites excluding steroid dienone is 2. The maximum absolute atomic E-state index is 5.81. The highest BCUT2D eigenvalue weighted by Crippen LogP contribution is 2.21. The average Bonchev–Trinajstić information content (AvgIpc) is 2.48. The van der Waals surface area contributed by atoms with E-state index in [9.17, 15) is 0 Å². The first kappa shape index (κ1) is 17.9. The maximum atomic E-state index is 5.81. The van der Waals surface area contributed by atoms with Gasteiger partial charge in [-0.3, -0.25) is 0 Å². The fraction of sp³-hybridized carbons (Fsp3) is 0.706. The first-order valence-electron chi connectivity index (χ1n) is 8.00. The van der Waals surface area contributed by atoms with Crippen molar-refractivity contribution >= 4 is 5.71 Å². The molecule has 0 aromatic carbocycles. The predicted molar refractivity (Wildman–Crippen MR) is 90.4 cm³/mol. The Kier molecular flexibility index (Phi) is 7.68. The zero-order valence-electron chi connectivity index (χ0n) is 14.1. The van der Waals surface area contributed by atoms with Crippen molar-refractivity contribution in [2.45, 2.75) is 46.6 Å². The highest BCUT2D eigenvalue weighted by molar-refractivity contribution is 6.01. The van der Waals surface area contributed by atoms with E-state index in [1.165, 1.54) is 0 Å². The molecule has 21 heavy (non-hydrogen) atoms. The summed E-state index contributed by atoms with van der Waals surface area (Å²) >= 11 is 0. The minimum Gasteiger partial charge on any atom is -0.377 e. The zero-order valence-corrected chi connectivity index (χ0v) is 14.1. The van der Waals surface area contributed by atoms with Gasteiger partial charge in [0.1, 0.15) is 5.82 Å². The molecular formula is C17H31N3O. The van der Waals surface area contributed by atoms with E-state index in [2.05, 4.69) is 31.4 Å². The van der Waals surface area contributed by atoms with Gasteiger partial charge in [0.15, 0.2) is 0 Å². The SMILES string of the molecule is C=C(C)C(=N/C(=C\C)N1CCOCC1CCC)C(C)CN. The van der Waals surface area contributed by atoms with Crippen LogP contribution in [0.25, 0.3) is 0 Å². The Bertz CT molecular complexity index is 399. The quantitative estimate of drug-likeness (QED) is 0.734. The molecule has 0 amide bonds. The van der Waals surface area contributed by atoms with Crippen LogP contribution in [0.5, 0.6) is 0 Å². The largest absolute Gasteiger partial charge is 0.377 e. The number of rotatable bonds is 7. The van der Waals surface area contributed by atoms with Gasteiger partial charge < -0.3 is 15.4 Å². The summed E-state index contributed by atoms with van der Waals surface area (Å²) in [5.41, 5.74) is 7.81. The minimum atomic E-state index is 0.225. The Morgan fingerprint density at radius 2 is 2.29 bits per heavy atom. The summed E-state index contributed by atoms with van der Waals surface area (Å²) < 4.78 is 5.63. The topological polar surface area (TPSA) is 50.8 Å². The maximum Gasteiger partial charge on any atom is 0.124 e. The van der Waals surface area contributed by atoms with Crippen molar-refractivity contribution in [2.75, 3.05) is 26.3 Å². The van der Waals surface area contributed by atoms with E-state index in [0.29, 0.717) is 12.6 Å². The molecule has 0 spiro atoms. The van der Waals surface area contributed by atoms with Crippen LogP contribution >= 0.6 is 0 Å². The fourth-order valence-electron chi connectivity index (χ4n) is 2.68. The Labute approximate surface area is 129 Å². The predicted octanol–water partition coefficient (Wildman–Crippen LogP) is 2.96. The highest BCUT2D eigenvalue weighted by Gasteiger charge is 2.24. The lowest BCUT2D eigenvalue weighted by Gasteiger charge is -2.37. The number of hydrogen-bond donors (Lipinski definition) is 1. The van der Waals surface area contributed by atoms with Crippen LogP contribution in [-0.4, -0.2) is 43.0 Å². The van der Waals surface area contributed by atoms with Crippen LogP contribution in [0, 0.1) is 5.92 Å². The molecule has 1 rings (SSSR count). The molecule has 1 saturated heterocycles. The molecule has 2 atom stereocenters. The molecule has 0 aromatic heterocycles. The molecule has 4 nitrogen and oxygen atoms in total. The molecule has 1 fully saturated rings. The van der Waals surface area contributed by atoms with Gasteiger partial charge in [-0.2, -0.15) is 0 Å². The first-order chi connectivity index (χ1) is 10.0. The summed E-state index contributed by atoms with van der Waals surface area (Å²) in [5.74, 6) is 1.25. The summed E-state index contributed by atoms with van der Waals surface area (Å²) in [6.07, 6.45) is 4.36. The van der Waals surface area contributed by atoms with Crippen LogP contribution in [0.3, 0.4) is 0 Å². The van der Waals surface area contributed by atoms with Crippen LogP contribution in [0.15, 0.2) is 29.0 Å². The van der Waals surface area contributed by atoms with E-state index in [4.69, 9.17) is 15.5 Å². The second kappa shape index (κ2) is 9.00. The molecule has 120 valence electrons. The summed E-state index contributed by atoms with van der Waals surface area (Å²) in [7, 11) is 0. The second-order valence-corrected chi connectivity index (χ2v) is 5.77. The van der Waals surface area contributed by atoms with Crippen LogP contribution in [0.4, 0.5) is 0 Å². The third-order valence-electron chi connectivity index (χ3n) is 3.89. The number of nitrogens with zero attached hydrogens (tertiary/aromatic N) is 2. The molecule has 0 bridgehead atoms. The van der Waals surface area contributed by atoms with E-state index in [1.807, 2.05) is 13.8 Å². The average molecular weight is 293 g/mol. The van der Waals surface area contributed by atoms with Crippen molar-refractivity contribution in [1.29, 1.82) is 0 Å². The van der Waals surface area contributed by atoms with Crippen molar-refractivity contribution in [3.63, 3.8) is 0 Å². The first-order valence-corrected chi connectivity index (χ1v) is 8.00. The van der Waals surface area contributed by atoms with Crippen molar-refractivity contribution in [3.05, 3.63) is 24.0 Å². The van der Waals surface area contributed by atoms with Crippen LogP contribution in [0.1, 0.15) is 40.5 Å². The van der Waals surface area contributed by atoms with Crippen LogP contribution < -0.4 is 5.73 Å². The van der Waals surface area contributed by atoms with E-state index >= 15 is 0 Å². The fourth-order valence-corrected chi connectivity index (χ4v) is 2.68. The lowest BCUT2D eigenvalue weighted by atomic mass is 10.0. The number of morpholine rings is 1. The van der Waals surface area contributed by atoms with E-state index in [1.54, 1.807) is 0 Å². The van der Waals surface area contributed by atoms with Gasteiger partial charge in [0.25, 0.3) is 0 Å². The van der Waals surface area contributed by atoms with Crippen LogP contribution in [-0.2, 0) is 4.74 Å².